The van der Waals surface area contributed by atoms with Crippen LogP contribution < -0.4 is 5.32 Å². The average molecular weight is 400 g/mol. The van der Waals surface area contributed by atoms with Crippen molar-refractivity contribution in [3.8, 4) is 5.75 Å². The summed E-state index contributed by atoms with van der Waals surface area (Å²) in [6, 6.07) is 5.06. The summed E-state index contributed by atoms with van der Waals surface area (Å²) >= 11 is 0. The number of benzene rings is 1. The van der Waals surface area contributed by atoms with E-state index in [4.69, 9.17) is 9.47 Å². The van der Waals surface area contributed by atoms with Crippen LogP contribution in [0, 0.1) is 11.8 Å². The molecule has 0 aliphatic carbocycles. The number of phenolic OH excluding ortho intramolecular Hbond substituents is 1. The minimum absolute atomic E-state index is 0.0173. The second kappa shape index (κ2) is 7.37. The van der Waals surface area contributed by atoms with Gasteiger partial charge in [-0.3, -0.25) is 9.69 Å². The van der Waals surface area contributed by atoms with Gasteiger partial charge in [0, 0.05) is 24.8 Å². The van der Waals surface area contributed by atoms with Crippen molar-refractivity contribution >= 4 is 17.4 Å². The van der Waals surface area contributed by atoms with E-state index in [1.54, 1.807) is 12.1 Å². The number of ketones is 1. The van der Waals surface area contributed by atoms with Gasteiger partial charge in [-0.2, -0.15) is 0 Å². The highest BCUT2D eigenvalue weighted by atomic mass is 16.5. The molecule has 0 saturated carbocycles. The molecule has 4 rings (SSSR count). The van der Waals surface area contributed by atoms with Gasteiger partial charge in [0.1, 0.15) is 11.3 Å². The number of piperidine rings is 1. The van der Waals surface area contributed by atoms with Gasteiger partial charge < -0.3 is 19.9 Å². The minimum atomic E-state index is -0.771. The zero-order valence-electron chi connectivity index (χ0n) is 17.1. The van der Waals surface area contributed by atoms with Crippen molar-refractivity contribution in [3.05, 3.63) is 35.6 Å². The first-order valence-electron chi connectivity index (χ1n) is 10.2. The summed E-state index contributed by atoms with van der Waals surface area (Å²) in [5.74, 6) is -0.210. The molecule has 2 saturated heterocycles. The summed E-state index contributed by atoms with van der Waals surface area (Å²) in [6.07, 6.45) is 3.73. The summed E-state index contributed by atoms with van der Waals surface area (Å²) in [5, 5.41) is 13.7. The molecule has 3 heterocycles. The number of rotatable bonds is 4. The van der Waals surface area contributed by atoms with E-state index >= 15 is 0 Å². The molecule has 2 fully saturated rings. The minimum Gasteiger partial charge on any atom is -0.507 e. The number of aromatic hydroxyl groups is 1. The molecule has 7 heteroatoms. The number of carbonyl (C=O) groups excluding carboxylic acids is 2. The van der Waals surface area contributed by atoms with E-state index in [1.807, 2.05) is 6.07 Å². The zero-order valence-corrected chi connectivity index (χ0v) is 17.1. The van der Waals surface area contributed by atoms with E-state index in [1.165, 1.54) is 20.5 Å². The van der Waals surface area contributed by atoms with Gasteiger partial charge in [-0.05, 0) is 36.8 Å². The molecule has 7 nitrogen and oxygen atoms in total. The predicted molar refractivity (Wildman–Crippen MR) is 108 cm³/mol. The quantitative estimate of drug-likeness (QED) is 0.456. The Morgan fingerprint density at radius 3 is 2.86 bits per heavy atom. The van der Waals surface area contributed by atoms with Crippen LogP contribution in [-0.4, -0.2) is 60.6 Å². The van der Waals surface area contributed by atoms with Gasteiger partial charge in [-0.15, -0.1) is 0 Å². The van der Waals surface area contributed by atoms with Crippen LogP contribution in [0.15, 0.2) is 30.0 Å². The van der Waals surface area contributed by atoms with E-state index in [2.05, 4.69) is 17.1 Å². The fourth-order valence-corrected chi connectivity index (χ4v) is 5.52. The van der Waals surface area contributed by atoms with Crippen molar-refractivity contribution in [3.63, 3.8) is 0 Å². The first-order chi connectivity index (χ1) is 14.0. The number of fused-ring (bicyclic) bond motifs is 3. The van der Waals surface area contributed by atoms with Crippen LogP contribution in [0.5, 0.6) is 5.75 Å². The fraction of sp³-hybridized carbons (Fsp3) is 0.545. The third-order valence-electron chi connectivity index (χ3n) is 6.94. The lowest BCUT2D eigenvalue weighted by atomic mass is 9.72. The van der Waals surface area contributed by atoms with Crippen molar-refractivity contribution in [1.82, 2.24) is 4.90 Å². The normalized spacial score (nSPS) is 31.3. The Labute approximate surface area is 170 Å². The van der Waals surface area contributed by atoms with Crippen molar-refractivity contribution < 1.29 is 24.2 Å². The molecule has 1 spiro atoms. The summed E-state index contributed by atoms with van der Waals surface area (Å²) in [7, 11) is 2.90. The van der Waals surface area contributed by atoms with Crippen LogP contribution in [0.3, 0.4) is 0 Å². The third kappa shape index (κ3) is 2.90. The molecule has 1 unspecified atom stereocenters. The van der Waals surface area contributed by atoms with E-state index in [9.17, 15) is 14.7 Å². The Morgan fingerprint density at radius 2 is 2.21 bits per heavy atom. The van der Waals surface area contributed by atoms with Crippen molar-refractivity contribution in [1.29, 1.82) is 0 Å². The average Bonchev–Trinajstić information content (AvgIpc) is 3.23. The SMILES string of the molecule is CC[C@@H]1CN2CC[C@]3(Nc4cccc(O)c4C3=O)C2C[C@@H]1/C(=C/OC)C(=O)OC. The Kier molecular flexibility index (Phi) is 5.02. The number of phenols is 1. The van der Waals surface area contributed by atoms with Gasteiger partial charge in [-0.1, -0.05) is 19.4 Å². The highest BCUT2D eigenvalue weighted by molar-refractivity contribution is 6.16. The molecule has 0 bridgehead atoms. The zero-order chi connectivity index (χ0) is 20.8. The summed E-state index contributed by atoms with van der Waals surface area (Å²) in [6.45, 7) is 3.74. The number of nitrogens with one attached hydrogen (secondary N) is 1. The van der Waals surface area contributed by atoms with Crippen molar-refractivity contribution in [2.24, 2.45) is 11.8 Å². The smallest absolute Gasteiger partial charge is 0.337 e. The van der Waals surface area contributed by atoms with Crippen LogP contribution in [-0.2, 0) is 14.3 Å². The molecule has 4 atom stereocenters. The molecule has 2 N–H and O–H groups in total. The third-order valence-corrected chi connectivity index (χ3v) is 6.94. The maximum Gasteiger partial charge on any atom is 0.337 e. The first kappa shape index (κ1) is 19.8. The van der Waals surface area contributed by atoms with Crippen LogP contribution in [0.25, 0.3) is 0 Å². The number of hydrogen-bond donors (Lipinski definition) is 2. The predicted octanol–water partition coefficient (Wildman–Crippen LogP) is 2.56. The standard InChI is InChI=1S/C22H28N2O5/c1-4-13-11-24-9-8-22(20(26)19-16(23-22)6-5-7-17(19)25)18(24)10-14(13)15(12-28-2)21(27)29-3/h5-7,12-14,18,23,25H,4,8-11H2,1-3H3/b15-12-/t13-,14+,18?,22+/m1/s1. The molecule has 3 aliphatic heterocycles. The van der Waals surface area contributed by atoms with Crippen LogP contribution >= 0.6 is 0 Å². The molecule has 156 valence electrons. The topological polar surface area (TPSA) is 88.1 Å². The molecule has 29 heavy (non-hydrogen) atoms. The molecule has 1 aromatic carbocycles. The van der Waals surface area contributed by atoms with Crippen LogP contribution in [0.4, 0.5) is 5.69 Å². The lowest BCUT2D eigenvalue weighted by Crippen LogP contribution is -2.57. The lowest BCUT2D eigenvalue weighted by Gasteiger charge is -2.45. The van der Waals surface area contributed by atoms with Gasteiger partial charge in [0.05, 0.1) is 31.6 Å². The largest absolute Gasteiger partial charge is 0.507 e. The van der Waals surface area contributed by atoms with Crippen LogP contribution in [0.1, 0.15) is 36.5 Å². The number of esters is 1. The van der Waals surface area contributed by atoms with Gasteiger partial charge >= 0.3 is 5.97 Å². The van der Waals surface area contributed by atoms with E-state index in [-0.39, 0.29) is 35.4 Å². The number of ether oxygens (including phenoxy) is 2. The molecule has 0 amide bonds. The Hall–Kier alpha value is -2.54. The first-order valence-corrected chi connectivity index (χ1v) is 10.2. The van der Waals surface area contributed by atoms with E-state index in [0.29, 0.717) is 29.7 Å². The Bertz CT molecular complexity index is 867. The number of nitrogens with zero attached hydrogens (tertiary/aromatic N) is 1. The number of carbonyl (C=O) groups is 2. The number of methoxy groups -OCH3 is 2. The molecular formula is C22H28N2O5. The number of Topliss-reactive ketones (excluding diaryl/α,β-unsaturated/α-hetero) is 1. The Balaban J connectivity index is 1.70. The highest BCUT2D eigenvalue weighted by Gasteiger charge is 2.59. The van der Waals surface area contributed by atoms with Gasteiger partial charge in [0.15, 0.2) is 5.78 Å². The summed E-state index contributed by atoms with van der Waals surface area (Å²) < 4.78 is 10.2. The second-order valence-electron chi connectivity index (χ2n) is 8.20. The molecule has 3 aliphatic rings. The van der Waals surface area contributed by atoms with Crippen LogP contribution in [0.2, 0.25) is 0 Å². The Morgan fingerprint density at radius 1 is 1.41 bits per heavy atom. The van der Waals surface area contributed by atoms with Crippen molar-refractivity contribution in [2.45, 2.75) is 37.8 Å². The van der Waals surface area contributed by atoms with Gasteiger partial charge in [-0.25, -0.2) is 4.79 Å². The highest BCUT2D eigenvalue weighted by Crippen LogP contribution is 2.50. The van der Waals surface area contributed by atoms with Gasteiger partial charge in [0.25, 0.3) is 0 Å². The molecule has 0 radical (unpaired) electrons. The molecular weight excluding hydrogens is 372 g/mol. The second-order valence-corrected chi connectivity index (χ2v) is 8.20. The lowest BCUT2D eigenvalue weighted by molar-refractivity contribution is -0.137. The van der Waals surface area contributed by atoms with Gasteiger partial charge in [0.2, 0.25) is 0 Å². The van der Waals surface area contributed by atoms with E-state index in [0.717, 1.165) is 19.5 Å². The monoisotopic (exact) mass is 400 g/mol. The maximum atomic E-state index is 13.5. The summed E-state index contributed by atoms with van der Waals surface area (Å²) in [5.41, 5.74) is 0.817. The fourth-order valence-electron chi connectivity index (χ4n) is 5.52. The number of anilines is 1. The molecule has 0 aromatic heterocycles. The summed E-state index contributed by atoms with van der Waals surface area (Å²) in [4.78, 5) is 28.3. The number of hydrogen-bond acceptors (Lipinski definition) is 7. The van der Waals surface area contributed by atoms with E-state index < -0.39 is 5.54 Å². The molecule has 1 aromatic rings. The maximum absolute atomic E-state index is 13.5. The van der Waals surface area contributed by atoms with Crippen molar-refractivity contribution in [2.75, 3.05) is 32.6 Å².